The number of ether oxygens (including phenoxy) is 1. The van der Waals surface area contributed by atoms with Crippen molar-refractivity contribution in [3.63, 3.8) is 0 Å². The van der Waals surface area contributed by atoms with Gasteiger partial charge in [0.2, 0.25) is 0 Å². The van der Waals surface area contributed by atoms with Crippen LogP contribution in [-0.4, -0.2) is 60.1 Å². The summed E-state index contributed by atoms with van der Waals surface area (Å²) in [6, 6.07) is 6.53. The van der Waals surface area contributed by atoms with Gasteiger partial charge in [0.25, 0.3) is 5.91 Å². The first kappa shape index (κ1) is 22.1. The molecule has 2 aromatic rings. The predicted molar refractivity (Wildman–Crippen MR) is 114 cm³/mol. The van der Waals surface area contributed by atoms with Crippen LogP contribution in [0.5, 0.6) is 0 Å². The third-order valence-corrected chi connectivity index (χ3v) is 6.91. The molecule has 2 aliphatic heterocycles. The van der Waals surface area contributed by atoms with Crippen molar-refractivity contribution in [3.8, 4) is 0 Å². The van der Waals surface area contributed by atoms with Crippen LogP contribution in [0.4, 0.5) is 8.78 Å². The molecule has 31 heavy (non-hydrogen) atoms. The molecule has 8 heteroatoms. The number of benzene rings is 1. The number of methoxy groups -OCH3 is 1. The van der Waals surface area contributed by atoms with Gasteiger partial charge in [-0.15, -0.1) is 0 Å². The third kappa shape index (κ3) is 4.59. The lowest BCUT2D eigenvalue weighted by molar-refractivity contribution is 0.0583. The summed E-state index contributed by atoms with van der Waals surface area (Å²) >= 11 is 5.65. The molecule has 1 aromatic heterocycles. The molecule has 0 N–H and O–H groups in total. The van der Waals surface area contributed by atoms with E-state index in [9.17, 15) is 13.6 Å². The average Bonchev–Trinajstić information content (AvgIpc) is 3.09. The van der Waals surface area contributed by atoms with Gasteiger partial charge in [-0.25, -0.2) is 8.78 Å². The highest BCUT2D eigenvalue weighted by Gasteiger charge is 2.46. The van der Waals surface area contributed by atoms with Crippen LogP contribution in [-0.2, 0) is 11.3 Å². The summed E-state index contributed by atoms with van der Waals surface area (Å²) in [7, 11) is 1.72. The zero-order valence-corrected chi connectivity index (χ0v) is 18.2. The first-order valence-electron chi connectivity index (χ1n) is 10.5. The normalized spacial score (nSPS) is 21.0. The first-order valence-corrected chi connectivity index (χ1v) is 10.8. The minimum atomic E-state index is -0.990. The smallest absolute Gasteiger partial charge is 0.256 e. The predicted octanol–water partition coefficient (Wildman–Crippen LogP) is 4.16. The van der Waals surface area contributed by atoms with Crippen LogP contribution in [0.25, 0.3) is 0 Å². The SMILES string of the molecule is COC[C@H]1CC2(CCN(C(=O)c3ccc(F)c(Cl)c3F)CC2)CN1Cc1cccnc1. The van der Waals surface area contributed by atoms with Gasteiger partial charge in [0, 0.05) is 51.7 Å². The van der Waals surface area contributed by atoms with Crippen LogP contribution in [0.3, 0.4) is 0 Å². The Morgan fingerprint density at radius 2 is 2.06 bits per heavy atom. The van der Waals surface area contributed by atoms with E-state index in [1.165, 1.54) is 6.07 Å². The fraction of sp³-hybridized carbons (Fsp3) is 0.478. The van der Waals surface area contributed by atoms with E-state index in [2.05, 4.69) is 16.0 Å². The Bertz CT molecular complexity index is 936. The van der Waals surface area contributed by atoms with Gasteiger partial charge in [-0.2, -0.15) is 0 Å². The number of piperidine rings is 1. The van der Waals surface area contributed by atoms with E-state index in [-0.39, 0.29) is 11.0 Å². The van der Waals surface area contributed by atoms with Gasteiger partial charge in [0.05, 0.1) is 12.2 Å². The van der Waals surface area contributed by atoms with Crippen molar-refractivity contribution in [2.24, 2.45) is 5.41 Å². The van der Waals surface area contributed by atoms with E-state index < -0.39 is 22.6 Å². The maximum atomic E-state index is 14.3. The number of rotatable bonds is 5. The molecule has 0 aliphatic carbocycles. The Hall–Kier alpha value is -2.09. The van der Waals surface area contributed by atoms with E-state index in [0.29, 0.717) is 25.7 Å². The molecule has 1 spiro atoms. The number of likely N-dealkylation sites (tertiary alicyclic amines) is 2. The molecule has 0 saturated carbocycles. The summed E-state index contributed by atoms with van der Waals surface area (Å²) in [5.41, 5.74) is 1.09. The Labute approximate surface area is 186 Å². The third-order valence-electron chi connectivity index (χ3n) is 6.57. The molecule has 2 fully saturated rings. The summed E-state index contributed by atoms with van der Waals surface area (Å²) in [4.78, 5) is 21.1. The molecule has 0 unspecified atom stereocenters. The fourth-order valence-corrected chi connectivity index (χ4v) is 5.09. The molecule has 3 heterocycles. The topological polar surface area (TPSA) is 45.7 Å². The van der Waals surface area contributed by atoms with Gasteiger partial charge in [-0.3, -0.25) is 14.7 Å². The van der Waals surface area contributed by atoms with E-state index in [0.717, 1.165) is 44.0 Å². The van der Waals surface area contributed by atoms with Gasteiger partial charge in [-0.05, 0) is 48.4 Å². The lowest BCUT2D eigenvalue weighted by Gasteiger charge is -2.39. The van der Waals surface area contributed by atoms with Crippen molar-refractivity contribution in [2.45, 2.75) is 31.8 Å². The van der Waals surface area contributed by atoms with Gasteiger partial charge >= 0.3 is 0 Å². The number of amides is 1. The molecule has 0 bridgehead atoms. The maximum Gasteiger partial charge on any atom is 0.256 e. The highest BCUT2D eigenvalue weighted by molar-refractivity contribution is 6.31. The molecule has 1 amide bonds. The van der Waals surface area contributed by atoms with Crippen LogP contribution in [0.15, 0.2) is 36.7 Å². The van der Waals surface area contributed by atoms with Crippen molar-refractivity contribution in [1.82, 2.24) is 14.8 Å². The summed E-state index contributed by atoms with van der Waals surface area (Å²) < 4.78 is 33.2. The zero-order chi connectivity index (χ0) is 22.0. The first-order chi connectivity index (χ1) is 14.9. The number of hydrogen-bond donors (Lipinski definition) is 0. The van der Waals surface area contributed by atoms with Crippen LogP contribution >= 0.6 is 11.6 Å². The number of hydrogen-bond acceptors (Lipinski definition) is 4. The largest absolute Gasteiger partial charge is 0.383 e. The number of pyridine rings is 1. The summed E-state index contributed by atoms with van der Waals surface area (Å²) in [5, 5.41) is -0.636. The number of nitrogens with zero attached hydrogens (tertiary/aromatic N) is 3. The number of carbonyl (C=O) groups excluding carboxylic acids is 1. The second kappa shape index (κ2) is 9.18. The lowest BCUT2D eigenvalue weighted by Crippen LogP contribution is -2.44. The van der Waals surface area contributed by atoms with E-state index >= 15 is 0 Å². The second-order valence-electron chi connectivity index (χ2n) is 8.59. The molecular formula is C23H26ClF2N3O2. The highest BCUT2D eigenvalue weighted by Crippen LogP contribution is 2.44. The maximum absolute atomic E-state index is 14.3. The summed E-state index contributed by atoms with van der Waals surface area (Å²) in [5.74, 6) is -2.29. The van der Waals surface area contributed by atoms with Gasteiger partial charge in [0.1, 0.15) is 10.8 Å². The minimum Gasteiger partial charge on any atom is -0.383 e. The van der Waals surface area contributed by atoms with Crippen molar-refractivity contribution >= 4 is 17.5 Å². The van der Waals surface area contributed by atoms with Crippen molar-refractivity contribution in [2.75, 3.05) is 33.4 Å². The molecule has 1 atom stereocenters. The van der Waals surface area contributed by atoms with Gasteiger partial charge < -0.3 is 9.64 Å². The number of aromatic nitrogens is 1. The van der Waals surface area contributed by atoms with Crippen molar-refractivity contribution in [3.05, 3.63) is 64.4 Å². The molecule has 5 nitrogen and oxygen atoms in total. The van der Waals surface area contributed by atoms with Crippen LogP contribution in [0.1, 0.15) is 35.2 Å². The van der Waals surface area contributed by atoms with Crippen LogP contribution in [0.2, 0.25) is 5.02 Å². The van der Waals surface area contributed by atoms with E-state index in [1.54, 1.807) is 18.2 Å². The molecule has 1 aromatic carbocycles. The molecule has 166 valence electrons. The van der Waals surface area contributed by atoms with Crippen molar-refractivity contribution in [1.29, 1.82) is 0 Å². The number of carbonyl (C=O) groups is 1. The summed E-state index contributed by atoms with van der Waals surface area (Å²) in [6.45, 7) is 3.46. The van der Waals surface area contributed by atoms with E-state index in [4.69, 9.17) is 16.3 Å². The number of halogens is 3. The van der Waals surface area contributed by atoms with Crippen LogP contribution in [0, 0.1) is 17.0 Å². The Morgan fingerprint density at radius 1 is 1.29 bits per heavy atom. The van der Waals surface area contributed by atoms with Gasteiger partial charge in [-0.1, -0.05) is 17.7 Å². The zero-order valence-electron chi connectivity index (χ0n) is 17.5. The Morgan fingerprint density at radius 3 is 2.74 bits per heavy atom. The minimum absolute atomic E-state index is 0.0984. The Kier molecular flexibility index (Phi) is 6.55. The molecular weight excluding hydrogens is 424 g/mol. The Balaban J connectivity index is 1.43. The van der Waals surface area contributed by atoms with Crippen LogP contribution < -0.4 is 0 Å². The molecule has 2 saturated heterocycles. The fourth-order valence-electron chi connectivity index (χ4n) is 4.93. The van der Waals surface area contributed by atoms with Gasteiger partial charge in [0.15, 0.2) is 5.82 Å². The van der Waals surface area contributed by atoms with Crippen molar-refractivity contribution < 1.29 is 18.3 Å². The second-order valence-corrected chi connectivity index (χ2v) is 8.97. The lowest BCUT2D eigenvalue weighted by atomic mass is 9.76. The standard InChI is InChI=1S/C23H26ClF2N3O2/c1-31-14-17-11-23(15-29(17)13-16-3-2-8-27-12-16)6-9-28(10-7-23)22(30)18-4-5-19(25)20(24)21(18)26/h2-5,8,12,17H,6-7,9-11,13-15H2,1H3/t17-/m1/s1. The average molecular weight is 450 g/mol. The quantitative estimate of drug-likeness (QED) is 0.643. The monoisotopic (exact) mass is 449 g/mol. The molecule has 0 radical (unpaired) electrons. The summed E-state index contributed by atoms with van der Waals surface area (Å²) in [6.07, 6.45) is 6.32. The molecule has 2 aliphatic rings. The highest BCUT2D eigenvalue weighted by atomic mass is 35.5. The van der Waals surface area contributed by atoms with E-state index in [1.807, 2.05) is 12.3 Å². The molecule has 4 rings (SSSR count).